The van der Waals surface area contributed by atoms with Gasteiger partial charge in [-0.1, -0.05) is 6.42 Å². The van der Waals surface area contributed by atoms with Crippen LogP contribution >= 0.6 is 0 Å². The van der Waals surface area contributed by atoms with Crippen molar-refractivity contribution in [2.75, 3.05) is 13.2 Å². The average molecular weight is 279 g/mol. The maximum absolute atomic E-state index is 12.1. The molecule has 2 N–H and O–H groups in total. The van der Waals surface area contributed by atoms with Gasteiger partial charge in [0.2, 0.25) is 5.91 Å². The van der Waals surface area contributed by atoms with Crippen LogP contribution in [0.25, 0.3) is 0 Å². The van der Waals surface area contributed by atoms with Gasteiger partial charge >= 0.3 is 0 Å². The van der Waals surface area contributed by atoms with Crippen LogP contribution in [-0.2, 0) is 18.3 Å². The first-order valence-corrected chi connectivity index (χ1v) is 7.39. The smallest absolute Gasteiger partial charge is 0.224 e. The Balaban J connectivity index is 1.86. The molecule has 5 nitrogen and oxygen atoms in total. The first-order valence-electron chi connectivity index (χ1n) is 7.39. The zero-order valence-corrected chi connectivity index (χ0v) is 12.6. The van der Waals surface area contributed by atoms with Gasteiger partial charge in [0.05, 0.1) is 12.1 Å². The zero-order chi connectivity index (χ0) is 14.7. The Morgan fingerprint density at radius 1 is 1.40 bits per heavy atom. The molecule has 20 heavy (non-hydrogen) atoms. The third-order valence-electron chi connectivity index (χ3n) is 4.61. The number of aliphatic hydroxyl groups is 1. The number of hydrogen-bond donors (Lipinski definition) is 2. The van der Waals surface area contributed by atoms with Crippen molar-refractivity contribution >= 4 is 5.91 Å². The Hall–Kier alpha value is -1.36. The minimum absolute atomic E-state index is 0.0489. The van der Waals surface area contributed by atoms with Gasteiger partial charge in [-0.15, -0.1) is 0 Å². The molecule has 1 fully saturated rings. The molecular formula is C15H25N3O2. The molecule has 1 aromatic heterocycles. The van der Waals surface area contributed by atoms with Crippen molar-refractivity contribution in [3.63, 3.8) is 0 Å². The van der Waals surface area contributed by atoms with Crippen LogP contribution in [0.1, 0.15) is 36.2 Å². The third-order valence-corrected chi connectivity index (χ3v) is 4.61. The molecule has 2 rings (SSSR count). The summed E-state index contributed by atoms with van der Waals surface area (Å²) in [4.78, 5) is 12.1. The molecule has 2 atom stereocenters. The monoisotopic (exact) mass is 279 g/mol. The Morgan fingerprint density at radius 2 is 2.10 bits per heavy atom. The highest BCUT2D eigenvalue weighted by Crippen LogP contribution is 2.30. The van der Waals surface area contributed by atoms with E-state index in [1.54, 1.807) is 0 Å². The molecule has 1 aromatic rings. The van der Waals surface area contributed by atoms with E-state index in [4.69, 9.17) is 0 Å². The molecule has 1 heterocycles. The van der Waals surface area contributed by atoms with E-state index in [0.29, 0.717) is 24.8 Å². The standard InChI is InChI=1S/C15H25N3O2/c1-10-14(11(2)18(3)17-10)7-15(20)16-8-12-5-4-6-13(12)9-19/h12-13,19H,4-9H2,1-3H3,(H,16,20). The number of nitrogens with one attached hydrogen (secondary N) is 1. The lowest BCUT2D eigenvalue weighted by Gasteiger charge is -2.17. The number of nitrogens with zero attached hydrogens (tertiary/aromatic N) is 2. The van der Waals surface area contributed by atoms with Gasteiger partial charge in [-0.2, -0.15) is 5.10 Å². The van der Waals surface area contributed by atoms with E-state index in [1.807, 2.05) is 25.6 Å². The van der Waals surface area contributed by atoms with Gasteiger partial charge in [0.15, 0.2) is 0 Å². The highest BCUT2D eigenvalue weighted by Gasteiger charge is 2.26. The Morgan fingerprint density at radius 3 is 2.70 bits per heavy atom. The number of hydrogen-bond acceptors (Lipinski definition) is 3. The number of aryl methyl sites for hydroxylation is 2. The number of aliphatic hydroxyl groups excluding tert-OH is 1. The molecule has 2 unspecified atom stereocenters. The second-order valence-corrected chi connectivity index (χ2v) is 5.89. The predicted molar refractivity (Wildman–Crippen MR) is 77.3 cm³/mol. The van der Waals surface area contributed by atoms with Crippen LogP contribution in [0.5, 0.6) is 0 Å². The predicted octanol–water partition coefficient (Wildman–Crippen LogP) is 1.10. The maximum atomic E-state index is 12.1. The average Bonchev–Trinajstić information content (AvgIpc) is 2.96. The van der Waals surface area contributed by atoms with Crippen molar-refractivity contribution in [3.8, 4) is 0 Å². The van der Waals surface area contributed by atoms with Crippen LogP contribution in [0.15, 0.2) is 0 Å². The third kappa shape index (κ3) is 3.20. The Kier molecular flexibility index (Phi) is 4.81. The van der Waals surface area contributed by atoms with Gasteiger partial charge in [-0.3, -0.25) is 9.48 Å². The van der Waals surface area contributed by atoms with Gasteiger partial charge in [0.1, 0.15) is 0 Å². The van der Waals surface area contributed by atoms with Crippen LogP contribution in [0.2, 0.25) is 0 Å². The van der Waals surface area contributed by atoms with Gasteiger partial charge in [-0.25, -0.2) is 0 Å². The first-order chi connectivity index (χ1) is 9.52. The fraction of sp³-hybridized carbons (Fsp3) is 0.733. The molecule has 0 spiro atoms. The van der Waals surface area contributed by atoms with Gasteiger partial charge < -0.3 is 10.4 Å². The summed E-state index contributed by atoms with van der Waals surface area (Å²) in [5.74, 6) is 0.838. The summed E-state index contributed by atoms with van der Waals surface area (Å²) in [6, 6.07) is 0. The molecule has 1 amide bonds. The summed E-state index contributed by atoms with van der Waals surface area (Å²) < 4.78 is 1.82. The molecule has 1 saturated carbocycles. The second kappa shape index (κ2) is 6.39. The number of rotatable bonds is 5. The van der Waals surface area contributed by atoms with E-state index in [0.717, 1.165) is 36.2 Å². The van der Waals surface area contributed by atoms with E-state index in [1.165, 1.54) is 0 Å². The fourth-order valence-electron chi connectivity index (χ4n) is 3.16. The van der Waals surface area contributed by atoms with Gasteiger partial charge in [-0.05, 0) is 38.5 Å². The molecule has 0 bridgehead atoms. The minimum Gasteiger partial charge on any atom is -0.396 e. The van der Waals surface area contributed by atoms with Crippen LogP contribution in [0.4, 0.5) is 0 Å². The van der Waals surface area contributed by atoms with Gasteiger partial charge in [0, 0.05) is 31.5 Å². The topological polar surface area (TPSA) is 67.2 Å². The highest BCUT2D eigenvalue weighted by atomic mass is 16.3. The Bertz CT molecular complexity index is 482. The number of carbonyl (C=O) groups excluding carboxylic acids is 1. The molecule has 5 heteroatoms. The lowest BCUT2D eigenvalue weighted by Crippen LogP contribution is -2.32. The van der Waals surface area contributed by atoms with Crippen molar-refractivity contribution in [2.24, 2.45) is 18.9 Å². The zero-order valence-electron chi connectivity index (χ0n) is 12.6. The van der Waals surface area contributed by atoms with Crippen molar-refractivity contribution < 1.29 is 9.90 Å². The quantitative estimate of drug-likeness (QED) is 0.848. The highest BCUT2D eigenvalue weighted by molar-refractivity contribution is 5.79. The largest absolute Gasteiger partial charge is 0.396 e. The molecule has 0 aliphatic heterocycles. The summed E-state index contributed by atoms with van der Waals surface area (Å²) in [6.07, 6.45) is 3.74. The van der Waals surface area contributed by atoms with Gasteiger partial charge in [0.25, 0.3) is 0 Å². The van der Waals surface area contributed by atoms with Crippen molar-refractivity contribution in [3.05, 3.63) is 17.0 Å². The normalized spacial score (nSPS) is 22.2. The fourth-order valence-corrected chi connectivity index (χ4v) is 3.16. The molecule has 1 aliphatic carbocycles. The van der Waals surface area contributed by atoms with Crippen LogP contribution in [0.3, 0.4) is 0 Å². The van der Waals surface area contributed by atoms with Crippen molar-refractivity contribution in [2.45, 2.75) is 39.5 Å². The number of aromatic nitrogens is 2. The van der Waals surface area contributed by atoms with E-state index in [-0.39, 0.29) is 12.5 Å². The van der Waals surface area contributed by atoms with Crippen LogP contribution in [-0.4, -0.2) is 33.9 Å². The van der Waals surface area contributed by atoms with E-state index in [2.05, 4.69) is 10.4 Å². The SMILES string of the molecule is Cc1nn(C)c(C)c1CC(=O)NCC1CCCC1CO. The van der Waals surface area contributed by atoms with Crippen molar-refractivity contribution in [1.82, 2.24) is 15.1 Å². The summed E-state index contributed by atoms with van der Waals surface area (Å²) >= 11 is 0. The molecule has 0 radical (unpaired) electrons. The summed E-state index contributed by atoms with van der Waals surface area (Å²) in [7, 11) is 1.90. The minimum atomic E-state index is 0.0489. The van der Waals surface area contributed by atoms with E-state index >= 15 is 0 Å². The maximum Gasteiger partial charge on any atom is 0.224 e. The van der Waals surface area contributed by atoms with Crippen molar-refractivity contribution in [1.29, 1.82) is 0 Å². The molecular weight excluding hydrogens is 254 g/mol. The molecule has 112 valence electrons. The molecule has 0 saturated heterocycles. The summed E-state index contributed by atoms with van der Waals surface area (Å²) in [5, 5.41) is 16.6. The number of carbonyl (C=O) groups is 1. The summed E-state index contributed by atoms with van der Waals surface area (Å²) in [5.41, 5.74) is 3.00. The molecule has 0 aromatic carbocycles. The summed E-state index contributed by atoms with van der Waals surface area (Å²) in [6.45, 7) is 4.85. The van der Waals surface area contributed by atoms with E-state index in [9.17, 15) is 9.90 Å². The molecule has 1 aliphatic rings. The Labute approximate surface area is 120 Å². The van der Waals surface area contributed by atoms with Crippen LogP contribution < -0.4 is 5.32 Å². The number of amides is 1. The first kappa shape index (κ1) is 15.0. The van der Waals surface area contributed by atoms with Crippen LogP contribution in [0, 0.1) is 25.7 Å². The lowest BCUT2D eigenvalue weighted by molar-refractivity contribution is -0.120. The lowest BCUT2D eigenvalue weighted by atomic mass is 9.97. The van der Waals surface area contributed by atoms with E-state index < -0.39 is 0 Å². The second-order valence-electron chi connectivity index (χ2n) is 5.89.